The van der Waals surface area contributed by atoms with Crippen molar-refractivity contribution in [3.05, 3.63) is 0 Å². The molecule has 3 atom stereocenters. The third-order valence-corrected chi connectivity index (χ3v) is 3.41. The third-order valence-electron chi connectivity index (χ3n) is 2.77. The Hall–Kier alpha value is 0.110. The quantitative estimate of drug-likeness (QED) is 0.597. The van der Waals surface area contributed by atoms with Crippen LogP contribution >= 0.6 is 15.9 Å². The first-order chi connectivity index (χ1) is 5.77. The fourth-order valence-electron chi connectivity index (χ4n) is 2.13. The Balaban J connectivity index is 2.05. The Bertz CT molecular complexity index is 193. The molecule has 1 saturated heterocycles. The first-order valence-corrected chi connectivity index (χ1v) is 5.47. The summed E-state index contributed by atoms with van der Waals surface area (Å²) in [6, 6.07) is 0. The number of ketones is 1. The van der Waals surface area contributed by atoms with E-state index in [-0.39, 0.29) is 12.0 Å². The Labute approximate surface area is 80.8 Å². The standard InChI is InChI=1S/C9H13BrO2/c10-6-4-7-8(11)2-1-3-9(7)12-5-6/h6-7,9H,1-5H2. The van der Waals surface area contributed by atoms with E-state index in [1.165, 1.54) is 0 Å². The van der Waals surface area contributed by atoms with Crippen LogP contribution in [0.1, 0.15) is 25.7 Å². The summed E-state index contributed by atoms with van der Waals surface area (Å²) < 4.78 is 5.60. The molecule has 12 heavy (non-hydrogen) atoms. The molecule has 2 fully saturated rings. The average molecular weight is 233 g/mol. The number of rotatable bonds is 0. The highest BCUT2D eigenvalue weighted by molar-refractivity contribution is 9.09. The van der Waals surface area contributed by atoms with Gasteiger partial charge in [-0.15, -0.1) is 0 Å². The van der Waals surface area contributed by atoms with Gasteiger partial charge in [-0.3, -0.25) is 4.79 Å². The molecule has 0 amide bonds. The minimum atomic E-state index is 0.192. The molecule has 0 aromatic carbocycles. The van der Waals surface area contributed by atoms with E-state index in [1.807, 2.05) is 0 Å². The van der Waals surface area contributed by atoms with Crippen molar-refractivity contribution in [2.24, 2.45) is 5.92 Å². The van der Waals surface area contributed by atoms with E-state index in [0.717, 1.165) is 32.3 Å². The van der Waals surface area contributed by atoms with Gasteiger partial charge in [-0.1, -0.05) is 15.9 Å². The highest BCUT2D eigenvalue weighted by atomic mass is 79.9. The lowest BCUT2D eigenvalue weighted by Gasteiger charge is -2.36. The molecule has 1 saturated carbocycles. The lowest BCUT2D eigenvalue weighted by Crippen LogP contribution is -2.41. The second-order valence-electron chi connectivity index (χ2n) is 3.67. The zero-order valence-corrected chi connectivity index (χ0v) is 8.55. The van der Waals surface area contributed by atoms with Gasteiger partial charge in [-0.25, -0.2) is 0 Å². The van der Waals surface area contributed by atoms with Gasteiger partial charge in [0.15, 0.2) is 0 Å². The van der Waals surface area contributed by atoms with E-state index in [2.05, 4.69) is 15.9 Å². The lowest BCUT2D eigenvalue weighted by atomic mass is 9.81. The molecule has 1 aliphatic carbocycles. The van der Waals surface area contributed by atoms with Gasteiger partial charge in [-0.05, 0) is 19.3 Å². The van der Waals surface area contributed by atoms with Gasteiger partial charge in [0.05, 0.1) is 12.7 Å². The van der Waals surface area contributed by atoms with E-state index < -0.39 is 0 Å². The monoisotopic (exact) mass is 232 g/mol. The number of ether oxygens (including phenoxy) is 1. The van der Waals surface area contributed by atoms with Crippen molar-refractivity contribution in [3.63, 3.8) is 0 Å². The van der Waals surface area contributed by atoms with Crippen LogP contribution in [-0.2, 0) is 9.53 Å². The number of carbonyl (C=O) groups is 1. The van der Waals surface area contributed by atoms with Crippen LogP contribution in [0.2, 0.25) is 0 Å². The van der Waals surface area contributed by atoms with E-state index in [0.29, 0.717) is 10.6 Å². The van der Waals surface area contributed by atoms with Gasteiger partial charge in [0, 0.05) is 17.2 Å². The maximum Gasteiger partial charge on any atom is 0.138 e. The SMILES string of the molecule is O=C1CCCC2OCC(Br)CC12. The van der Waals surface area contributed by atoms with Gasteiger partial charge in [0.25, 0.3) is 0 Å². The molecule has 0 spiro atoms. The van der Waals surface area contributed by atoms with Crippen molar-refractivity contribution >= 4 is 21.7 Å². The van der Waals surface area contributed by atoms with Gasteiger partial charge in [0.2, 0.25) is 0 Å². The highest BCUT2D eigenvalue weighted by Crippen LogP contribution is 2.33. The van der Waals surface area contributed by atoms with Gasteiger partial charge in [-0.2, -0.15) is 0 Å². The molecule has 0 radical (unpaired) electrons. The summed E-state index contributed by atoms with van der Waals surface area (Å²) in [5.74, 6) is 0.604. The molecule has 0 aromatic rings. The predicted molar refractivity (Wildman–Crippen MR) is 49.4 cm³/mol. The Kier molecular flexibility index (Phi) is 2.51. The number of hydrogen-bond acceptors (Lipinski definition) is 2. The van der Waals surface area contributed by atoms with Crippen LogP contribution < -0.4 is 0 Å². The summed E-state index contributed by atoms with van der Waals surface area (Å²) in [5.41, 5.74) is 0. The second-order valence-corrected chi connectivity index (χ2v) is 4.96. The van der Waals surface area contributed by atoms with Crippen molar-refractivity contribution < 1.29 is 9.53 Å². The molecule has 1 aliphatic heterocycles. The molecular weight excluding hydrogens is 220 g/mol. The molecule has 3 heteroatoms. The molecular formula is C9H13BrO2. The molecule has 0 aromatic heterocycles. The van der Waals surface area contributed by atoms with Crippen LogP contribution in [0.15, 0.2) is 0 Å². The molecule has 68 valence electrons. The fraction of sp³-hybridized carbons (Fsp3) is 0.889. The summed E-state index contributed by atoms with van der Waals surface area (Å²) in [7, 11) is 0. The van der Waals surface area contributed by atoms with Crippen LogP contribution in [0.25, 0.3) is 0 Å². The fourth-order valence-corrected chi connectivity index (χ4v) is 2.68. The smallest absolute Gasteiger partial charge is 0.138 e. The Morgan fingerprint density at radius 2 is 2.33 bits per heavy atom. The summed E-state index contributed by atoms with van der Waals surface area (Å²) >= 11 is 3.50. The first-order valence-electron chi connectivity index (χ1n) is 4.56. The molecule has 0 bridgehead atoms. The first kappa shape index (κ1) is 8.70. The number of hydrogen-bond donors (Lipinski definition) is 0. The van der Waals surface area contributed by atoms with Crippen LogP contribution in [0.4, 0.5) is 0 Å². The molecule has 1 heterocycles. The van der Waals surface area contributed by atoms with E-state index in [1.54, 1.807) is 0 Å². The highest BCUT2D eigenvalue weighted by Gasteiger charge is 2.37. The Morgan fingerprint density at radius 3 is 3.17 bits per heavy atom. The molecule has 2 nitrogen and oxygen atoms in total. The van der Waals surface area contributed by atoms with Crippen LogP contribution in [0.5, 0.6) is 0 Å². The van der Waals surface area contributed by atoms with Gasteiger partial charge in [0.1, 0.15) is 5.78 Å². The lowest BCUT2D eigenvalue weighted by molar-refractivity contribution is -0.136. The number of carbonyl (C=O) groups excluding carboxylic acids is 1. The van der Waals surface area contributed by atoms with E-state index in [9.17, 15) is 4.79 Å². The average Bonchev–Trinajstić information content (AvgIpc) is 2.07. The van der Waals surface area contributed by atoms with Crippen molar-refractivity contribution in [2.45, 2.75) is 36.6 Å². The second kappa shape index (κ2) is 3.46. The predicted octanol–water partition coefficient (Wildman–Crippen LogP) is 1.91. The molecule has 0 N–H and O–H groups in total. The maximum absolute atomic E-state index is 11.5. The van der Waals surface area contributed by atoms with Gasteiger partial charge < -0.3 is 4.74 Å². The summed E-state index contributed by atoms with van der Waals surface area (Å²) in [5, 5.41) is 0. The number of alkyl halides is 1. The van der Waals surface area contributed by atoms with Crippen LogP contribution in [0, 0.1) is 5.92 Å². The van der Waals surface area contributed by atoms with Crippen molar-refractivity contribution in [3.8, 4) is 0 Å². The summed E-state index contributed by atoms with van der Waals surface area (Å²) in [4.78, 5) is 11.9. The zero-order chi connectivity index (χ0) is 8.55. The number of fused-ring (bicyclic) bond motifs is 1. The zero-order valence-electron chi connectivity index (χ0n) is 6.96. The molecule has 2 rings (SSSR count). The van der Waals surface area contributed by atoms with Crippen LogP contribution in [-0.4, -0.2) is 23.3 Å². The van der Waals surface area contributed by atoms with E-state index >= 15 is 0 Å². The third kappa shape index (κ3) is 1.57. The number of halogens is 1. The number of Topliss-reactive ketones (excluding diaryl/α,β-unsaturated/α-hetero) is 1. The molecule has 3 unspecified atom stereocenters. The van der Waals surface area contributed by atoms with Crippen LogP contribution in [0.3, 0.4) is 0 Å². The summed E-state index contributed by atoms with van der Waals surface area (Å²) in [6.45, 7) is 0.772. The molecule has 2 aliphatic rings. The van der Waals surface area contributed by atoms with Crippen molar-refractivity contribution in [2.75, 3.05) is 6.61 Å². The Morgan fingerprint density at radius 1 is 1.50 bits per heavy atom. The minimum absolute atomic E-state index is 0.192. The van der Waals surface area contributed by atoms with Gasteiger partial charge >= 0.3 is 0 Å². The van der Waals surface area contributed by atoms with E-state index in [4.69, 9.17) is 4.74 Å². The normalized spacial score (nSPS) is 42.4. The summed E-state index contributed by atoms with van der Waals surface area (Å²) in [6.07, 6.45) is 4.08. The van der Waals surface area contributed by atoms with Crippen molar-refractivity contribution in [1.82, 2.24) is 0 Å². The van der Waals surface area contributed by atoms with Crippen molar-refractivity contribution in [1.29, 1.82) is 0 Å². The maximum atomic E-state index is 11.5. The largest absolute Gasteiger partial charge is 0.376 e. The minimum Gasteiger partial charge on any atom is -0.376 e. The topological polar surface area (TPSA) is 26.3 Å².